The highest BCUT2D eigenvalue weighted by Crippen LogP contribution is 2.48. The second kappa shape index (κ2) is 16.4. The van der Waals surface area contributed by atoms with E-state index in [-0.39, 0.29) is 52.4 Å². The fourth-order valence-corrected chi connectivity index (χ4v) is 7.84. The number of rotatable bonds is 13. The van der Waals surface area contributed by atoms with Gasteiger partial charge in [-0.1, -0.05) is 123 Å². The van der Waals surface area contributed by atoms with Gasteiger partial charge in [-0.2, -0.15) is 0 Å². The Morgan fingerprint density at radius 3 is 0.755 bits per heavy atom. The number of aryl methyl sites for hydroxylation is 5. The second-order valence-electron chi connectivity index (χ2n) is 14.8. The van der Waals surface area contributed by atoms with Crippen molar-refractivity contribution in [2.24, 2.45) is 0 Å². The van der Waals surface area contributed by atoms with Crippen molar-refractivity contribution in [3.63, 3.8) is 0 Å². The summed E-state index contributed by atoms with van der Waals surface area (Å²) >= 11 is 0. The molecule has 0 aliphatic rings. The number of phenolic OH excluding ortho intramolecular Hbond substituents is 5. The average molecular weight is 715 g/mol. The molecule has 5 aromatic carbocycles. The highest BCUT2D eigenvalue weighted by Gasteiger charge is 2.28. The van der Waals surface area contributed by atoms with Crippen molar-refractivity contribution in [3.05, 3.63) is 145 Å². The summed E-state index contributed by atoms with van der Waals surface area (Å²) in [6.45, 7) is 18.5. The Kier molecular flexibility index (Phi) is 12.2. The number of phenols is 5. The molecule has 0 aromatic heterocycles. The second-order valence-corrected chi connectivity index (χ2v) is 14.8. The number of hydrogen-bond acceptors (Lipinski definition) is 5. The van der Waals surface area contributed by atoms with Crippen LogP contribution >= 0.6 is 0 Å². The molecule has 0 bridgehead atoms. The molecule has 0 fully saturated rings. The van der Waals surface area contributed by atoms with E-state index in [1.54, 1.807) is 12.1 Å². The molecule has 4 atom stereocenters. The maximum atomic E-state index is 12.2. The lowest BCUT2D eigenvalue weighted by molar-refractivity contribution is 0.442. The molecule has 280 valence electrons. The van der Waals surface area contributed by atoms with E-state index in [1.165, 1.54) is 0 Å². The standard InChI is InChI=1S/C48H58O5/c1-10-31-15-17-44(49)36(19-31)27(6)38-21-33(12-3)23-40(46(38)51)29(8)42-25-35(14-5)26-43(48(42)53)30(9)41-24-34(13-4)22-39(47(41)52)28(7)37-20-32(11-2)16-18-45(37)50/h15-30,49-53H,10-14H2,1-9H3. The summed E-state index contributed by atoms with van der Waals surface area (Å²) in [5.74, 6) is -0.350. The van der Waals surface area contributed by atoms with E-state index < -0.39 is 0 Å². The summed E-state index contributed by atoms with van der Waals surface area (Å²) in [7, 11) is 0. The van der Waals surface area contributed by atoms with Crippen LogP contribution in [0.1, 0.15) is 158 Å². The molecule has 0 saturated carbocycles. The van der Waals surface area contributed by atoms with Crippen molar-refractivity contribution in [2.75, 3.05) is 0 Å². The van der Waals surface area contributed by atoms with Crippen LogP contribution in [0.2, 0.25) is 0 Å². The van der Waals surface area contributed by atoms with Crippen molar-refractivity contribution in [3.8, 4) is 28.7 Å². The summed E-state index contributed by atoms with van der Waals surface area (Å²) in [4.78, 5) is 0. The lowest BCUT2D eigenvalue weighted by atomic mass is 9.80. The SMILES string of the molecule is CCc1ccc(O)c(C(C)c2cc(CC)cc(C(C)c3cc(CC)cc(C(C)c4cc(CC)cc(C(C)c5cc(CC)ccc5O)c4O)c3O)c2O)c1. The fourth-order valence-electron chi connectivity index (χ4n) is 7.84. The first-order chi connectivity index (χ1) is 25.3. The van der Waals surface area contributed by atoms with Crippen molar-refractivity contribution in [1.82, 2.24) is 0 Å². The van der Waals surface area contributed by atoms with E-state index >= 15 is 0 Å². The van der Waals surface area contributed by atoms with Crippen LogP contribution in [-0.2, 0) is 32.1 Å². The number of hydrogen-bond donors (Lipinski definition) is 5. The van der Waals surface area contributed by atoms with Gasteiger partial charge in [0.1, 0.15) is 28.7 Å². The van der Waals surface area contributed by atoms with Gasteiger partial charge in [0.15, 0.2) is 0 Å². The van der Waals surface area contributed by atoms with Crippen LogP contribution in [0.5, 0.6) is 28.7 Å². The molecule has 5 heteroatoms. The summed E-state index contributed by atoms with van der Waals surface area (Å²) in [6.07, 6.45) is 3.95. The molecule has 4 unspecified atom stereocenters. The molecular weight excluding hydrogens is 657 g/mol. The van der Waals surface area contributed by atoms with E-state index in [0.717, 1.165) is 93.3 Å². The smallest absolute Gasteiger partial charge is 0.123 e. The maximum absolute atomic E-state index is 12.2. The van der Waals surface area contributed by atoms with Gasteiger partial charge in [0.25, 0.3) is 0 Å². The highest BCUT2D eigenvalue weighted by atomic mass is 16.3. The van der Waals surface area contributed by atoms with Gasteiger partial charge in [-0.05, 0) is 72.1 Å². The van der Waals surface area contributed by atoms with Gasteiger partial charge in [-0.25, -0.2) is 0 Å². The normalized spacial score (nSPS) is 13.8. The summed E-state index contributed by atoms with van der Waals surface area (Å²) in [6, 6.07) is 23.6. The summed E-state index contributed by atoms with van der Waals surface area (Å²) in [5, 5.41) is 57.8. The third kappa shape index (κ3) is 7.76. The first-order valence-corrected chi connectivity index (χ1v) is 19.5. The topological polar surface area (TPSA) is 101 Å². The third-order valence-electron chi connectivity index (χ3n) is 11.6. The molecule has 0 aliphatic carbocycles. The van der Waals surface area contributed by atoms with Crippen LogP contribution in [-0.4, -0.2) is 25.5 Å². The molecule has 0 heterocycles. The molecule has 0 aliphatic heterocycles. The van der Waals surface area contributed by atoms with Gasteiger partial charge in [0, 0.05) is 68.2 Å². The predicted octanol–water partition coefficient (Wildman–Crippen LogP) is 11.6. The lowest BCUT2D eigenvalue weighted by Gasteiger charge is -2.26. The summed E-state index contributed by atoms with van der Waals surface area (Å²) < 4.78 is 0. The van der Waals surface area contributed by atoms with Crippen molar-refractivity contribution < 1.29 is 25.5 Å². The van der Waals surface area contributed by atoms with Crippen LogP contribution in [0.4, 0.5) is 0 Å². The van der Waals surface area contributed by atoms with Crippen molar-refractivity contribution in [1.29, 1.82) is 0 Å². The minimum absolute atomic E-state index is 0.149. The Morgan fingerprint density at radius 1 is 0.321 bits per heavy atom. The highest BCUT2D eigenvalue weighted by molar-refractivity contribution is 5.60. The maximum Gasteiger partial charge on any atom is 0.123 e. The van der Waals surface area contributed by atoms with E-state index in [1.807, 2.05) is 88.4 Å². The zero-order valence-electron chi connectivity index (χ0n) is 33.0. The summed E-state index contributed by atoms with van der Waals surface area (Å²) in [5.41, 5.74) is 11.3. The number of aromatic hydroxyl groups is 5. The average Bonchev–Trinajstić information content (AvgIpc) is 3.17. The van der Waals surface area contributed by atoms with Crippen LogP contribution in [0.25, 0.3) is 0 Å². The zero-order valence-corrected chi connectivity index (χ0v) is 33.0. The van der Waals surface area contributed by atoms with E-state index in [0.29, 0.717) is 11.1 Å². The van der Waals surface area contributed by atoms with Crippen molar-refractivity contribution >= 4 is 0 Å². The quantitative estimate of drug-likeness (QED) is 0.0836. The van der Waals surface area contributed by atoms with Gasteiger partial charge in [0.2, 0.25) is 0 Å². The van der Waals surface area contributed by atoms with Crippen LogP contribution in [0.3, 0.4) is 0 Å². The lowest BCUT2D eigenvalue weighted by Crippen LogP contribution is -2.08. The van der Waals surface area contributed by atoms with Crippen LogP contribution in [0.15, 0.2) is 72.8 Å². The molecule has 0 saturated heterocycles. The molecule has 5 N–H and O–H groups in total. The first kappa shape index (κ1) is 39.3. The van der Waals surface area contributed by atoms with E-state index in [4.69, 9.17) is 0 Å². The monoisotopic (exact) mass is 714 g/mol. The Balaban J connectivity index is 1.62. The molecule has 53 heavy (non-hydrogen) atoms. The van der Waals surface area contributed by atoms with Gasteiger partial charge in [-0.15, -0.1) is 0 Å². The van der Waals surface area contributed by atoms with Gasteiger partial charge in [-0.3, -0.25) is 0 Å². The Morgan fingerprint density at radius 2 is 0.528 bits per heavy atom. The number of benzene rings is 5. The van der Waals surface area contributed by atoms with Gasteiger partial charge >= 0.3 is 0 Å². The Bertz CT molecular complexity index is 1950. The molecular formula is C48H58O5. The van der Waals surface area contributed by atoms with Gasteiger partial charge < -0.3 is 25.5 Å². The van der Waals surface area contributed by atoms with Crippen LogP contribution in [0, 0.1) is 0 Å². The van der Waals surface area contributed by atoms with Crippen molar-refractivity contribution in [2.45, 2.75) is 118 Å². The largest absolute Gasteiger partial charge is 0.508 e. The molecule has 0 spiro atoms. The van der Waals surface area contributed by atoms with Gasteiger partial charge in [0.05, 0.1) is 0 Å². The molecule has 0 amide bonds. The molecule has 5 aromatic rings. The zero-order chi connectivity index (χ0) is 38.7. The van der Waals surface area contributed by atoms with E-state index in [2.05, 4.69) is 34.6 Å². The Hall–Kier alpha value is -4.90. The first-order valence-electron chi connectivity index (χ1n) is 19.5. The minimum Gasteiger partial charge on any atom is -0.508 e. The Labute approximate surface area is 316 Å². The predicted molar refractivity (Wildman–Crippen MR) is 217 cm³/mol. The van der Waals surface area contributed by atoms with E-state index in [9.17, 15) is 25.5 Å². The molecule has 0 radical (unpaired) electrons. The van der Waals surface area contributed by atoms with Crippen LogP contribution < -0.4 is 0 Å². The molecule has 5 nitrogen and oxygen atoms in total. The minimum atomic E-state index is -0.361. The fraction of sp³-hybridized carbons (Fsp3) is 0.375. The molecule has 5 rings (SSSR count). The third-order valence-corrected chi connectivity index (χ3v) is 11.6.